The van der Waals surface area contributed by atoms with Gasteiger partial charge in [-0.3, -0.25) is 4.79 Å². The first kappa shape index (κ1) is 20.8. The van der Waals surface area contributed by atoms with Gasteiger partial charge in [0.2, 0.25) is 0 Å². The van der Waals surface area contributed by atoms with Crippen molar-refractivity contribution in [3.8, 4) is 17.2 Å². The zero-order chi connectivity index (χ0) is 21.6. The van der Waals surface area contributed by atoms with Crippen molar-refractivity contribution >= 4 is 11.7 Å². The highest BCUT2D eigenvalue weighted by atomic mass is 16.5. The van der Waals surface area contributed by atoms with E-state index < -0.39 is 0 Å². The van der Waals surface area contributed by atoms with Crippen LogP contribution in [0, 0.1) is 0 Å². The number of amides is 1. The summed E-state index contributed by atoms with van der Waals surface area (Å²) in [7, 11) is 0. The molecule has 0 bridgehead atoms. The molecule has 1 aliphatic heterocycles. The molecule has 8 nitrogen and oxygen atoms in total. The minimum atomic E-state index is -0.00312. The van der Waals surface area contributed by atoms with Gasteiger partial charge in [-0.15, -0.1) is 0 Å². The molecular formula is C23H27N5O3. The summed E-state index contributed by atoms with van der Waals surface area (Å²) >= 11 is 0. The van der Waals surface area contributed by atoms with Crippen molar-refractivity contribution in [2.24, 2.45) is 0 Å². The molecule has 1 aliphatic rings. The second-order valence-electron chi connectivity index (χ2n) is 7.31. The molecule has 0 aliphatic carbocycles. The van der Waals surface area contributed by atoms with Gasteiger partial charge in [-0.2, -0.15) is 4.98 Å². The van der Waals surface area contributed by atoms with Gasteiger partial charge in [0, 0.05) is 38.8 Å². The van der Waals surface area contributed by atoms with Crippen molar-refractivity contribution in [1.82, 2.24) is 20.0 Å². The molecule has 0 atom stereocenters. The molecule has 0 radical (unpaired) electrons. The molecule has 0 unspecified atom stereocenters. The third-order valence-electron chi connectivity index (χ3n) is 5.30. The lowest BCUT2D eigenvalue weighted by Crippen LogP contribution is -2.35. The maximum absolute atomic E-state index is 13.2. The van der Waals surface area contributed by atoms with Gasteiger partial charge in [0.1, 0.15) is 11.6 Å². The van der Waals surface area contributed by atoms with Gasteiger partial charge in [-0.1, -0.05) is 24.2 Å². The number of anilines is 1. The number of pyridine rings is 1. The molecule has 1 fully saturated rings. The van der Waals surface area contributed by atoms with Gasteiger partial charge in [-0.05, 0) is 37.6 Å². The average molecular weight is 422 g/mol. The zero-order valence-corrected chi connectivity index (χ0v) is 18.0. The fourth-order valence-electron chi connectivity index (χ4n) is 3.75. The Labute approximate surface area is 181 Å². The first-order valence-corrected chi connectivity index (χ1v) is 10.7. The van der Waals surface area contributed by atoms with Crippen LogP contribution in [0.3, 0.4) is 0 Å². The van der Waals surface area contributed by atoms with Crippen LogP contribution in [-0.2, 0) is 6.42 Å². The van der Waals surface area contributed by atoms with Crippen molar-refractivity contribution < 1.29 is 14.1 Å². The number of carbonyl (C=O) groups is 1. The second kappa shape index (κ2) is 9.59. The standard InChI is InChI=1S/C23H27N5O3/c1-3-20-25-22(31-26-20)18-10-7-12-24-21(18)27-13-8-14-28(16-15-27)23(29)17-9-5-6-11-19(17)30-4-2/h5-7,9-12H,3-4,8,13-16H2,1-2H3. The predicted octanol–water partition coefficient (Wildman–Crippen LogP) is 3.45. The first-order chi connectivity index (χ1) is 15.2. The Morgan fingerprint density at radius 1 is 1.10 bits per heavy atom. The Morgan fingerprint density at radius 2 is 1.97 bits per heavy atom. The molecule has 1 amide bonds. The third kappa shape index (κ3) is 4.52. The molecule has 0 saturated carbocycles. The van der Waals surface area contributed by atoms with E-state index in [0.29, 0.717) is 55.7 Å². The van der Waals surface area contributed by atoms with E-state index >= 15 is 0 Å². The van der Waals surface area contributed by atoms with Crippen LogP contribution in [0.5, 0.6) is 5.75 Å². The number of aryl methyl sites for hydroxylation is 1. The van der Waals surface area contributed by atoms with E-state index in [1.807, 2.05) is 55.1 Å². The number of aromatic nitrogens is 3. The Balaban J connectivity index is 1.52. The summed E-state index contributed by atoms with van der Waals surface area (Å²) in [4.78, 5) is 26.3. The highest BCUT2D eigenvalue weighted by molar-refractivity contribution is 5.97. The SMILES string of the molecule is CCOc1ccccc1C(=O)N1CCCN(c2ncccc2-c2nc(CC)no2)CC1. The highest BCUT2D eigenvalue weighted by Crippen LogP contribution is 2.29. The van der Waals surface area contributed by atoms with E-state index in [0.717, 1.165) is 24.3 Å². The third-order valence-corrected chi connectivity index (χ3v) is 5.30. The van der Waals surface area contributed by atoms with E-state index in [-0.39, 0.29) is 5.91 Å². The van der Waals surface area contributed by atoms with Crippen LogP contribution in [0.2, 0.25) is 0 Å². The van der Waals surface area contributed by atoms with E-state index in [4.69, 9.17) is 9.26 Å². The van der Waals surface area contributed by atoms with Crippen LogP contribution in [0.4, 0.5) is 5.82 Å². The largest absolute Gasteiger partial charge is 0.493 e. The number of hydrogen-bond acceptors (Lipinski definition) is 7. The molecule has 3 aromatic rings. The van der Waals surface area contributed by atoms with Crippen LogP contribution in [0.25, 0.3) is 11.5 Å². The Hall–Kier alpha value is -3.42. The summed E-state index contributed by atoms with van der Waals surface area (Å²) in [5, 5.41) is 4.01. The van der Waals surface area contributed by atoms with Crippen molar-refractivity contribution in [3.63, 3.8) is 0 Å². The number of rotatable bonds is 6. The van der Waals surface area contributed by atoms with Gasteiger partial charge < -0.3 is 19.1 Å². The maximum Gasteiger partial charge on any atom is 0.261 e. The molecule has 4 rings (SSSR count). The molecular weight excluding hydrogens is 394 g/mol. The molecule has 31 heavy (non-hydrogen) atoms. The maximum atomic E-state index is 13.2. The molecule has 3 heterocycles. The molecule has 2 aromatic heterocycles. The number of nitrogens with zero attached hydrogens (tertiary/aromatic N) is 5. The minimum Gasteiger partial charge on any atom is -0.493 e. The average Bonchev–Trinajstić information content (AvgIpc) is 3.16. The Morgan fingerprint density at radius 3 is 2.77 bits per heavy atom. The zero-order valence-electron chi connectivity index (χ0n) is 18.0. The second-order valence-corrected chi connectivity index (χ2v) is 7.31. The molecule has 162 valence electrons. The van der Waals surface area contributed by atoms with Gasteiger partial charge >= 0.3 is 0 Å². The summed E-state index contributed by atoms with van der Waals surface area (Å²) in [5.74, 6) is 2.58. The van der Waals surface area contributed by atoms with Gasteiger partial charge in [0.15, 0.2) is 5.82 Å². The topological polar surface area (TPSA) is 84.6 Å². The number of carbonyl (C=O) groups excluding carboxylic acids is 1. The van der Waals surface area contributed by atoms with Crippen molar-refractivity contribution in [3.05, 3.63) is 54.0 Å². The summed E-state index contributed by atoms with van der Waals surface area (Å²) in [6.07, 6.45) is 3.31. The number of hydrogen-bond donors (Lipinski definition) is 0. The summed E-state index contributed by atoms with van der Waals surface area (Å²) < 4.78 is 11.1. The van der Waals surface area contributed by atoms with Gasteiger partial charge in [-0.25, -0.2) is 4.98 Å². The normalized spacial score (nSPS) is 14.4. The number of para-hydroxylation sites is 1. The van der Waals surface area contributed by atoms with Crippen LogP contribution < -0.4 is 9.64 Å². The van der Waals surface area contributed by atoms with Crippen LogP contribution in [0.15, 0.2) is 47.1 Å². The highest BCUT2D eigenvalue weighted by Gasteiger charge is 2.25. The van der Waals surface area contributed by atoms with Crippen molar-refractivity contribution in [1.29, 1.82) is 0 Å². The van der Waals surface area contributed by atoms with E-state index in [1.54, 1.807) is 6.20 Å². The fraction of sp³-hybridized carbons (Fsp3) is 0.391. The van der Waals surface area contributed by atoms with Gasteiger partial charge in [0.05, 0.1) is 17.7 Å². The van der Waals surface area contributed by atoms with Gasteiger partial charge in [0.25, 0.3) is 11.8 Å². The fourth-order valence-corrected chi connectivity index (χ4v) is 3.75. The van der Waals surface area contributed by atoms with Crippen LogP contribution in [0.1, 0.15) is 36.5 Å². The monoisotopic (exact) mass is 421 g/mol. The molecule has 0 N–H and O–H groups in total. The van der Waals surface area contributed by atoms with Crippen LogP contribution >= 0.6 is 0 Å². The number of benzene rings is 1. The predicted molar refractivity (Wildman–Crippen MR) is 117 cm³/mol. The van der Waals surface area contributed by atoms with E-state index in [1.165, 1.54) is 0 Å². The number of ether oxygens (including phenoxy) is 1. The molecule has 0 spiro atoms. The molecule has 8 heteroatoms. The Kier molecular flexibility index (Phi) is 6.45. The smallest absolute Gasteiger partial charge is 0.261 e. The Bertz CT molecular complexity index is 1040. The van der Waals surface area contributed by atoms with Crippen molar-refractivity contribution in [2.45, 2.75) is 26.7 Å². The lowest BCUT2D eigenvalue weighted by Gasteiger charge is -2.24. The lowest BCUT2D eigenvalue weighted by molar-refractivity contribution is 0.0763. The van der Waals surface area contributed by atoms with Crippen molar-refractivity contribution in [2.75, 3.05) is 37.7 Å². The summed E-state index contributed by atoms with van der Waals surface area (Å²) in [6.45, 7) is 7.16. The van der Waals surface area contributed by atoms with E-state index in [9.17, 15) is 4.79 Å². The minimum absolute atomic E-state index is 0.00312. The molecule has 1 saturated heterocycles. The lowest BCUT2D eigenvalue weighted by atomic mass is 10.1. The summed E-state index contributed by atoms with van der Waals surface area (Å²) in [5.41, 5.74) is 1.42. The van der Waals surface area contributed by atoms with E-state index in [2.05, 4.69) is 20.0 Å². The molecule has 1 aromatic carbocycles. The first-order valence-electron chi connectivity index (χ1n) is 10.7. The van der Waals surface area contributed by atoms with Crippen LogP contribution in [-0.4, -0.2) is 58.7 Å². The quantitative estimate of drug-likeness (QED) is 0.603. The summed E-state index contributed by atoms with van der Waals surface area (Å²) in [6, 6.07) is 11.2.